The van der Waals surface area contributed by atoms with Gasteiger partial charge in [-0.3, -0.25) is 4.79 Å². The Bertz CT molecular complexity index is 635. The van der Waals surface area contributed by atoms with Crippen LogP contribution in [-0.2, 0) is 11.2 Å². The molecule has 0 fully saturated rings. The second-order valence-corrected chi connectivity index (χ2v) is 6.88. The molecule has 1 amide bonds. The minimum atomic E-state index is -0.134. The Morgan fingerprint density at radius 1 is 1.26 bits per heavy atom. The number of thioether (sulfide) groups is 1. The highest BCUT2D eigenvalue weighted by Crippen LogP contribution is 2.24. The van der Waals surface area contributed by atoms with Crippen LogP contribution < -0.4 is 0 Å². The molecule has 5 heteroatoms. The van der Waals surface area contributed by atoms with Crippen molar-refractivity contribution >= 4 is 17.7 Å². The molecular formula is C18H25N3OS. The highest BCUT2D eigenvalue weighted by atomic mass is 32.2. The summed E-state index contributed by atoms with van der Waals surface area (Å²) in [5.74, 6) is 0.165. The first-order valence-electron chi connectivity index (χ1n) is 8.10. The molecule has 1 atom stereocenters. The number of carbonyl (C=O) groups excluding carboxylic acids is 1. The number of benzene rings is 1. The summed E-state index contributed by atoms with van der Waals surface area (Å²) in [6.45, 7) is 9.49. The van der Waals surface area contributed by atoms with Crippen molar-refractivity contribution in [2.45, 2.75) is 44.5 Å². The molecule has 1 N–H and O–H groups in total. The Balaban J connectivity index is 2.04. The topological polar surface area (TPSA) is 49.0 Å². The number of aromatic amines is 1. The van der Waals surface area contributed by atoms with Crippen LogP contribution in [0, 0.1) is 6.92 Å². The smallest absolute Gasteiger partial charge is 0.235 e. The summed E-state index contributed by atoms with van der Waals surface area (Å²) in [6.07, 6.45) is 0.808. The molecule has 1 aromatic carbocycles. The third-order valence-corrected chi connectivity index (χ3v) is 4.86. The minimum Gasteiger partial charge on any atom is -0.342 e. The van der Waals surface area contributed by atoms with Gasteiger partial charge in [0.1, 0.15) is 0 Å². The van der Waals surface area contributed by atoms with Gasteiger partial charge in [-0.15, -0.1) is 0 Å². The largest absolute Gasteiger partial charge is 0.342 e. The van der Waals surface area contributed by atoms with E-state index in [4.69, 9.17) is 0 Å². The highest BCUT2D eigenvalue weighted by Gasteiger charge is 2.21. The van der Waals surface area contributed by atoms with Gasteiger partial charge in [0.05, 0.1) is 10.9 Å². The van der Waals surface area contributed by atoms with Crippen LogP contribution in [0.2, 0.25) is 0 Å². The summed E-state index contributed by atoms with van der Waals surface area (Å²) in [6, 6.07) is 10.3. The van der Waals surface area contributed by atoms with Crippen molar-refractivity contribution in [2.24, 2.45) is 0 Å². The Labute approximate surface area is 142 Å². The molecule has 1 heterocycles. The molecule has 0 saturated carbocycles. The average Bonchev–Trinajstić information content (AvgIpc) is 2.88. The van der Waals surface area contributed by atoms with E-state index in [2.05, 4.69) is 22.1 Å². The van der Waals surface area contributed by atoms with E-state index in [1.807, 2.05) is 50.8 Å². The fraction of sp³-hybridized carbons (Fsp3) is 0.444. The molecule has 0 spiro atoms. The summed E-state index contributed by atoms with van der Waals surface area (Å²) >= 11 is 1.50. The number of rotatable bonds is 7. The first-order chi connectivity index (χ1) is 11.0. The van der Waals surface area contributed by atoms with Gasteiger partial charge in [-0.05, 0) is 33.3 Å². The van der Waals surface area contributed by atoms with Gasteiger partial charge < -0.3 is 9.88 Å². The van der Waals surface area contributed by atoms with Gasteiger partial charge in [-0.25, -0.2) is 4.98 Å². The summed E-state index contributed by atoms with van der Waals surface area (Å²) < 4.78 is 0. The predicted octanol–water partition coefficient (Wildman–Crippen LogP) is 3.66. The van der Waals surface area contributed by atoms with Gasteiger partial charge in [0, 0.05) is 25.2 Å². The maximum atomic E-state index is 12.4. The lowest BCUT2D eigenvalue weighted by molar-refractivity contribution is -0.129. The van der Waals surface area contributed by atoms with Crippen molar-refractivity contribution < 1.29 is 4.79 Å². The van der Waals surface area contributed by atoms with Crippen LogP contribution in [0.1, 0.15) is 37.7 Å². The van der Waals surface area contributed by atoms with Crippen LogP contribution >= 0.6 is 11.8 Å². The Morgan fingerprint density at radius 3 is 2.52 bits per heavy atom. The molecule has 4 nitrogen and oxygen atoms in total. The number of hydrogen-bond acceptors (Lipinski definition) is 3. The molecule has 0 aliphatic carbocycles. The van der Waals surface area contributed by atoms with Gasteiger partial charge in [0.15, 0.2) is 5.16 Å². The van der Waals surface area contributed by atoms with E-state index in [1.165, 1.54) is 17.3 Å². The van der Waals surface area contributed by atoms with Crippen molar-refractivity contribution in [3.63, 3.8) is 0 Å². The van der Waals surface area contributed by atoms with Crippen molar-refractivity contribution in [3.8, 4) is 0 Å². The molecule has 1 aromatic heterocycles. The summed E-state index contributed by atoms with van der Waals surface area (Å²) in [4.78, 5) is 22.2. The Hall–Kier alpha value is -1.75. The standard InChI is InChI=1S/C18H25N3OS/c1-5-21(6-2)17(22)14(4)23-18-19-13(3)16(20-18)12-15-10-8-7-9-11-15/h7-11,14H,5-6,12H2,1-4H3,(H,19,20). The fourth-order valence-electron chi connectivity index (χ4n) is 2.49. The van der Waals surface area contributed by atoms with Crippen molar-refractivity contribution in [1.29, 1.82) is 0 Å². The number of nitrogens with one attached hydrogen (secondary N) is 1. The maximum Gasteiger partial charge on any atom is 0.235 e. The molecule has 23 heavy (non-hydrogen) atoms. The van der Waals surface area contributed by atoms with Crippen LogP contribution in [0.3, 0.4) is 0 Å². The van der Waals surface area contributed by atoms with Gasteiger partial charge in [0.25, 0.3) is 0 Å². The van der Waals surface area contributed by atoms with E-state index in [-0.39, 0.29) is 11.2 Å². The van der Waals surface area contributed by atoms with Crippen molar-refractivity contribution in [3.05, 3.63) is 47.3 Å². The third kappa shape index (κ3) is 4.61. The first-order valence-corrected chi connectivity index (χ1v) is 8.97. The van der Waals surface area contributed by atoms with E-state index in [0.717, 1.165) is 36.1 Å². The quantitative estimate of drug-likeness (QED) is 0.788. The number of H-pyrrole nitrogens is 1. The van der Waals surface area contributed by atoms with E-state index >= 15 is 0 Å². The molecule has 0 aliphatic rings. The summed E-state index contributed by atoms with van der Waals surface area (Å²) in [5.41, 5.74) is 3.35. The molecule has 0 saturated heterocycles. The normalized spacial score (nSPS) is 12.2. The number of aromatic nitrogens is 2. The molecule has 124 valence electrons. The Morgan fingerprint density at radius 2 is 1.91 bits per heavy atom. The van der Waals surface area contributed by atoms with Gasteiger partial charge in [-0.1, -0.05) is 42.1 Å². The Kier molecular flexibility index (Phi) is 6.28. The van der Waals surface area contributed by atoms with E-state index in [9.17, 15) is 4.79 Å². The summed E-state index contributed by atoms with van der Waals surface area (Å²) in [5, 5.41) is 0.687. The van der Waals surface area contributed by atoms with Crippen molar-refractivity contribution in [2.75, 3.05) is 13.1 Å². The molecule has 0 radical (unpaired) electrons. The first kappa shape index (κ1) is 17.6. The van der Waals surface area contributed by atoms with E-state index in [1.54, 1.807) is 0 Å². The molecule has 2 aromatic rings. The van der Waals surface area contributed by atoms with Crippen LogP contribution in [0.25, 0.3) is 0 Å². The highest BCUT2D eigenvalue weighted by molar-refractivity contribution is 8.00. The molecular weight excluding hydrogens is 306 g/mol. The van der Waals surface area contributed by atoms with Gasteiger partial charge >= 0.3 is 0 Å². The van der Waals surface area contributed by atoms with Crippen LogP contribution in [-0.4, -0.2) is 39.1 Å². The van der Waals surface area contributed by atoms with Crippen molar-refractivity contribution in [1.82, 2.24) is 14.9 Å². The zero-order valence-electron chi connectivity index (χ0n) is 14.3. The number of aryl methyl sites for hydroxylation is 1. The van der Waals surface area contributed by atoms with Crippen LogP contribution in [0.5, 0.6) is 0 Å². The monoisotopic (exact) mass is 331 g/mol. The van der Waals surface area contributed by atoms with E-state index in [0.29, 0.717) is 0 Å². The number of imidazole rings is 1. The second-order valence-electron chi connectivity index (χ2n) is 5.55. The van der Waals surface area contributed by atoms with Crippen LogP contribution in [0.15, 0.2) is 35.5 Å². The lowest BCUT2D eigenvalue weighted by atomic mass is 10.1. The zero-order chi connectivity index (χ0) is 16.8. The number of amides is 1. The molecule has 0 aliphatic heterocycles. The molecule has 0 bridgehead atoms. The zero-order valence-corrected chi connectivity index (χ0v) is 15.1. The lowest BCUT2D eigenvalue weighted by Gasteiger charge is -2.21. The fourth-order valence-corrected chi connectivity index (χ4v) is 3.45. The SMILES string of the molecule is CCN(CC)C(=O)C(C)Sc1nc(Cc2ccccc2)c(C)[nH]1. The number of hydrogen-bond donors (Lipinski definition) is 1. The number of nitrogens with zero attached hydrogens (tertiary/aromatic N) is 2. The third-order valence-electron chi connectivity index (χ3n) is 3.89. The van der Waals surface area contributed by atoms with Crippen LogP contribution in [0.4, 0.5) is 0 Å². The second kappa shape index (κ2) is 8.20. The lowest BCUT2D eigenvalue weighted by Crippen LogP contribution is -2.36. The van der Waals surface area contributed by atoms with Gasteiger partial charge in [0.2, 0.25) is 5.91 Å². The average molecular weight is 331 g/mol. The predicted molar refractivity (Wildman–Crippen MR) is 95.8 cm³/mol. The van der Waals surface area contributed by atoms with Gasteiger partial charge in [-0.2, -0.15) is 0 Å². The molecule has 1 unspecified atom stereocenters. The number of carbonyl (C=O) groups is 1. The van der Waals surface area contributed by atoms with E-state index < -0.39 is 0 Å². The minimum absolute atomic E-state index is 0.134. The molecule has 2 rings (SSSR count). The summed E-state index contributed by atoms with van der Waals surface area (Å²) in [7, 11) is 0. The maximum absolute atomic E-state index is 12.4.